The molecular weight excluding hydrogens is 501 g/mol. The molecule has 0 amide bonds. The number of aromatic nitrogens is 5. The van der Waals surface area contributed by atoms with E-state index < -0.39 is 0 Å². The largest absolute Gasteiger partial charge is 0.306 e. The molecule has 6 rings (SSSR count). The van der Waals surface area contributed by atoms with Gasteiger partial charge in [0, 0.05) is 72.1 Å². The molecule has 0 bridgehead atoms. The fourth-order valence-electron chi connectivity index (χ4n) is 4.58. The van der Waals surface area contributed by atoms with Crippen molar-refractivity contribution in [1.29, 1.82) is 0 Å². The van der Waals surface area contributed by atoms with E-state index in [2.05, 4.69) is 44.7 Å². The Hall–Kier alpha value is -2.62. The maximum atomic E-state index is 6.44. The Bertz CT molecular complexity index is 1520. The number of hydrogen-bond donors (Lipinski definition) is 0. The second-order valence-electron chi connectivity index (χ2n) is 8.86. The molecule has 1 fully saturated rings. The molecule has 5 aromatic rings. The van der Waals surface area contributed by atoms with E-state index in [0.29, 0.717) is 16.1 Å². The van der Waals surface area contributed by atoms with Gasteiger partial charge in [-0.3, -0.25) is 9.67 Å². The molecule has 1 unspecified atom stereocenters. The maximum Gasteiger partial charge on any atom is 0.146 e. The highest BCUT2D eigenvalue weighted by Gasteiger charge is 2.25. The first kappa shape index (κ1) is 22.8. The van der Waals surface area contributed by atoms with Gasteiger partial charge in [0.2, 0.25) is 0 Å². The van der Waals surface area contributed by atoms with Gasteiger partial charge in [0.05, 0.1) is 33.5 Å². The van der Waals surface area contributed by atoms with E-state index in [1.165, 1.54) is 0 Å². The topological polar surface area (TPSA) is 54.5 Å². The number of halogens is 2. The summed E-state index contributed by atoms with van der Waals surface area (Å²) in [6.07, 6.45) is 10.9. The van der Waals surface area contributed by atoms with Crippen molar-refractivity contribution in [3.05, 3.63) is 71.4 Å². The summed E-state index contributed by atoms with van der Waals surface area (Å²) in [4.78, 5) is 9.61. The van der Waals surface area contributed by atoms with E-state index in [1.807, 2.05) is 53.5 Å². The molecular formula is C25H23Cl2N7S. The molecule has 0 N–H and O–H groups in total. The van der Waals surface area contributed by atoms with E-state index in [4.69, 9.17) is 33.2 Å². The summed E-state index contributed by atoms with van der Waals surface area (Å²) in [5.41, 5.74) is 5.20. The van der Waals surface area contributed by atoms with E-state index in [9.17, 15) is 0 Å². The average molecular weight is 524 g/mol. The molecule has 1 aromatic carbocycles. The fraction of sp³-hybridized carbons (Fsp3) is 0.240. The minimum atomic E-state index is 0.367. The van der Waals surface area contributed by atoms with Crippen molar-refractivity contribution >= 4 is 51.9 Å². The minimum absolute atomic E-state index is 0.367. The predicted molar refractivity (Wildman–Crippen MR) is 144 cm³/mol. The van der Waals surface area contributed by atoms with Crippen LogP contribution in [0.3, 0.4) is 0 Å². The average Bonchev–Trinajstić information content (AvgIpc) is 3.57. The Morgan fingerprint density at radius 3 is 2.69 bits per heavy atom. The highest BCUT2D eigenvalue weighted by Crippen LogP contribution is 2.35. The first-order valence-corrected chi connectivity index (χ1v) is 12.8. The Morgan fingerprint density at radius 2 is 1.89 bits per heavy atom. The smallest absolute Gasteiger partial charge is 0.146 e. The minimum Gasteiger partial charge on any atom is -0.306 e. The zero-order valence-corrected chi connectivity index (χ0v) is 21.6. The molecule has 35 heavy (non-hydrogen) atoms. The molecule has 0 saturated carbocycles. The number of hydrogen-bond acceptors (Lipinski definition) is 6. The van der Waals surface area contributed by atoms with Gasteiger partial charge in [-0.1, -0.05) is 29.3 Å². The van der Waals surface area contributed by atoms with Gasteiger partial charge in [-0.15, -0.1) is 0 Å². The van der Waals surface area contributed by atoms with Crippen molar-refractivity contribution in [2.45, 2.75) is 12.5 Å². The summed E-state index contributed by atoms with van der Waals surface area (Å²) in [6.45, 7) is 2.03. The van der Waals surface area contributed by atoms with Crippen LogP contribution in [0.15, 0.2) is 61.3 Å². The van der Waals surface area contributed by atoms with Gasteiger partial charge >= 0.3 is 0 Å². The third-order valence-corrected chi connectivity index (χ3v) is 7.74. The molecule has 1 aliphatic rings. The molecule has 1 saturated heterocycles. The maximum absolute atomic E-state index is 6.44. The Kier molecular flexibility index (Phi) is 5.94. The van der Waals surface area contributed by atoms with Crippen LogP contribution >= 0.6 is 35.3 Å². The third-order valence-electron chi connectivity index (χ3n) is 6.22. The lowest BCUT2D eigenvalue weighted by Crippen LogP contribution is -2.19. The summed E-state index contributed by atoms with van der Waals surface area (Å²) in [5.74, 6) is 0. The van der Waals surface area contributed by atoms with Crippen LogP contribution in [-0.2, 0) is 0 Å². The van der Waals surface area contributed by atoms with Gasteiger partial charge in [0.15, 0.2) is 0 Å². The van der Waals surface area contributed by atoms with Gasteiger partial charge in [0.1, 0.15) is 5.65 Å². The summed E-state index contributed by atoms with van der Waals surface area (Å²) >= 11 is 14.6. The van der Waals surface area contributed by atoms with Crippen molar-refractivity contribution < 1.29 is 0 Å². The monoisotopic (exact) mass is 523 g/mol. The lowest BCUT2D eigenvalue weighted by molar-refractivity contribution is 0.457. The molecule has 7 nitrogen and oxygen atoms in total. The van der Waals surface area contributed by atoms with Gasteiger partial charge in [-0.25, -0.2) is 13.6 Å². The van der Waals surface area contributed by atoms with Crippen molar-refractivity contribution in [2.24, 2.45) is 0 Å². The number of benzene rings is 1. The van der Waals surface area contributed by atoms with Gasteiger partial charge in [-0.2, -0.15) is 5.10 Å². The van der Waals surface area contributed by atoms with Crippen LogP contribution in [0.2, 0.25) is 10.0 Å². The predicted octanol–water partition coefficient (Wildman–Crippen LogP) is 6.09. The van der Waals surface area contributed by atoms with E-state index in [1.54, 1.807) is 12.1 Å². The van der Waals surface area contributed by atoms with Gasteiger partial charge in [0.25, 0.3) is 0 Å². The number of rotatable bonds is 5. The molecule has 0 spiro atoms. The lowest BCUT2D eigenvalue weighted by atomic mass is 10.1. The second-order valence-corrected chi connectivity index (χ2v) is 11.1. The molecule has 1 aliphatic heterocycles. The van der Waals surface area contributed by atoms with Crippen LogP contribution in [0.4, 0.5) is 0 Å². The van der Waals surface area contributed by atoms with Crippen molar-refractivity contribution in [1.82, 2.24) is 32.8 Å². The molecule has 10 heteroatoms. The Morgan fingerprint density at radius 1 is 1.06 bits per heavy atom. The third kappa shape index (κ3) is 4.30. The van der Waals surface area contributed by atoms with E-state index >= 15 is 0 Å². The molecule has 1 atom stereocenters. The van der Waals surface area contributed by atoms with Crippen molar-refractivity contribution in [3.63, 3.8) is 0 Å². The van der Waals surface area contributed by atoms with Gasteiger partial charge in [-0.05, 0) is 44.8 Å². The lowest BCUT2D eigenvalue weighted by Gasteiger charge is -2.18. The van der Waals surface area contributed by atoms with Crippen LogP contribution in [0, 0.1) is 0 Å². The fourth-order valence-corrected chi connectivity index (χ4v) is 6.06. The summed E-state index contributed by atoms with van der Waals surface area (Å²) in [7, 11) is 4.14. The van der Waals surface area contributed by atoms with Gasteiger partial charge < -0.3 is 4.40 Å². The highest BCUT2D eigenvalue weighted by atomic mass is 35.5. The second kappa shape index (κ2) is 9.11. The van der Waals surface area contributed by atoms with Crippen LogP contribution in [0.1, 0.15) is 12.5 Å². The number of pyridine rings is 2. The molecule has 0 radical (unpaired) electrons. The number of imidazole rings is 1. The van der Waals surface area contributed by atoms with E-state index in [-0.39, 0.29) is 0 Å². The first-order chi connectivity index (χ1) is 17.0. The molecule has 0 aliphatic carbocycles. The highest BCUT2D eigenvalue weighted by molar-refractivity contribution is 7.94. The Labute approximate surface area is 217 Å². The summed E-state index contributed by atoms with van der Waals surface area (Å²) in [5, 5.41) is 6.79. The SMILES string of the molecule is CN(C)SN1CCC(n2cc(-c3cnc4ccn5cc(-c6c(Cl)cccc6Cl)nc5c4c3)cn2)C1. The normalized spacial score (nSPS) is 16.8. The van der Waals surface area contributed by atoms with Crippen LogP contribution in [0.25, 0.3) is 38.9 Å². The van der Waals surface area contributed by atoms with Crippen molar-refractivity contribution in [3.8, 4) is 22.4 Å². The quantitative estimate of drug-likeness (QED) is 0.260. The first-order valence-electron chi connectivity index (χ1n) is 11.3. The van der Waals surface area contributed by atoms with Crippen LogP contribution in [0.5, 0.6) is 0 Å². The summed E-state index contributed by atoms with van der Waals surface area (Å²) < 4.78 is 8.58. The molecule has 5 heterocycles. The Balaban J connectivity index is 1.35. The number of nitrogens with zero attached hydrogens (tertiary/aromatic N) is 7. The summed E-state index contributed by atoms with van der Waals surface area (Å²) in [6, 6.07) is 9.97. The number of fused-ring (bicyclic) bond motifs is 3. The zero-order valence-electron chi connectivity index (χ0n) is 19.3. The zero-order chi connectivity index (χ0) is 24.1. The molecule has 178 valence electrons. The van der Waals surface area contributed by atoms with Crippen molar-refractivity contribution in [2.75, 3.05) is 27.2 Å². The molecule has 4 aromatic heterocycles. The van der Waals surface area contributed by atoms with E-state index in [0.717, 1.165) is 58.4 Å². The van der Waals surface area contributed by atoms with Crippen LogP contribution in [-0.4, -0.2) is 59.9 Å². The van der Waals surface area contributed by atoms with Crippen LogP contribution < -0.4 is 0 Å². The standard InChI is InChI=1S/C25H23Cl2N7S/c1-31(2)35-33-9-6-18(14-33)34-13-17(12-29-34)16-10-19-22(28-11-16)7-8-32-15-23(30-25(19)32)24-20(26)4-3-5-21(24)27/h3-5,7-8,10-13,15,18H,6,9,14H2,1-2H3.